The Labute approximate surface area is 127 Å². The molecule has 0 fully saturated rings. The van der Waals surface area contributed by atoms with Crippen LogP contribution in [0.4, 0.5) is 13.2 Å². The number of nitrogens with one attached hydrogen (secondary N) is 1. The number of benzene rings is 2. The van der Waals surface area contributed by atoms with E-state index in [1.54, 1.807) is 6.07 Å². The summed E-state index contributed by atoms with van der Waals surface area (Å²) in [5.41, 5.74) is 1.63. The first-order valence-electron chi connectivity index (χ1n) is 6.83. The highest BCUT2D eigenvalue weighted by Gasteiger charge is 2.30. The maximum atomic E-state index is 12.6. The molecule has 5 heteroatoms. The van der Waals surface area contributed by atoms with Crippen molar-refractivity contribution in [3.05, 3.63) is 70.8 Å². The van der Waals surface area contributed by atoms with Crippen molar-refractivity contribution in [2.75, 3.05) is 0 Å². The zero-order chi connectivity index (χ0) is 16.2. The Kier molecular flexibility index (Phi) is 4.85. The predicted molar refractivity (Wildman–Crippen MR) is 78.2 cm³/mol. The second-order valence-corrected chi connectivity index (χ2v) is 5.08. The topological polar surface area (TPSA) is 29.1 Å². The van der Waals surface area contributed by atoms with Gasteiger partial charge in [0.15, 0.2) is 0 Å². The summed E-state index contributed by atoms with van der Waals surface area (Å²) in [5.74, 6) is -0.216. The van der Waals surface area contributed by atoms with Gasteiger partial charge in [-0.1, -0.05) is 36.4 Å². The van der Waals surface area contributed by atoms with E-state index in [1.165, 1.54) is 6.07 Å². The van der Waals surface area contributed by atoms with Gasteiger partial charge in [0.2, 0.25) is 5.91 Å². The molecule has 0 aliphatic heterocycles. The average Bonchev–Trinajstić information content (AvgIpc) is 2.47. The van der Waals surface area contributed by atoms with E-state index in [9.17, 15) is 18.0 Å². The van der Waals surface area contributed by atoms with Gasteiger partial charge >= 0.3 is 6.18 Å². The van der Waals surface area contributed by atoms with Gasteiger partial charge in [0.25, 0.3) is 0 Å². The quantitative estimate of drug-likeness (QED) is 0.912. The van der Waals surface area contributed by atoms with Crippen molar-refractivity contribution < 1.29 is 18.0 Å². The third-order valence-electron chi connectivity index (χ3n) is 3.36. The molecule has 0 saturated carbocycles. The summed E-state index contributed by atoms with van der Waals surface area (Å²) >= 11 is 0. The standard InChI is InChI=1S/C17H16F3NO/c1-12-5-2-3-7-14(12)10-16(22)21-11-13-6-4-8-15(9-13)17(18,19)20/h2-9H,10-11H2,1H3,(H,21,22). The molecule has 1 amide bonds. The molecule has 0 spiro atoms. The lowest BCUT2D eigenvalue weighted by Gasteiger charge is -2.10. The van der Waals surface area contributed by atoms with Crippen LogP contribution in [-0.4, -0.2) is 5.91 Å². The third-order valence-corrected chi connectivity index (χ3v) is 3.36. The minimum absolute atomic E-state index is 0.0780. The number of alkyl halides is 3. The Morgan fingerprint density at radius 2 is 1.82 bits per heavy atom. The zero-order valence-corrected chi connectivity index (χ0v) is 12.1. The van der Waals surface area contributed by atoms with Crippen molar-refractivity contribution >= 4 is 5.91 Å². The normalized spacial score (nSPS) is 11.3. The highest BCUT2D eigenvalue weighted by atomic mass is 19.4. The van der Waals surface area contributed by atoms with Gasteiger partial charge in [0.05, 0.1) is 12.0 Å². The molecule has 2 rings (SSSR count). The van der Waals surface area contributed by atoms with Gasteiger partial charge in [-0.2, -0.15) is 13.2 Å². The van der Waals surface area contributed by atoms with Crippen LogP contribution in [0.5, 0.6) is 0 Å². The van der Waals surface area contributed by atoms with Crippen LogP contribution in [0.15, 0.2) is 48.5 Å². The minimum atomic E-state index is -4.37. The molecule has 22 heavy (non-hydrogen) atoms. The van der Waals surface area contributed by atoms with Crippen molar-refractivity contribution in [3.63, 3.8) is 0 Å². The van der Waals surface area contributed by atoms with Crippen molar-refractivity contribution in [2.24, 2.45) is 0 Å². The molecule has 2 aromatic rings. The summed E-state index contributed by atoms with van der Waals surface area (Å²) in [7, 11) is 0. The summed E-state index contributed by atoms with van der Waals surface area (Å²) in [6.07, 6.45) is -4.16. The van der Waals surface area contributed by atoms with Gasteiger partial charge in [-0.25, -0.2) is 0 Å². The number of aryl methyl sites for hydroxylation is 1. The lowest BCUT2D eigenvalue weighted by molar-refractivity contribution is -0.137. The molecule has 116 valence electrons. The van der Waals surface area contributed by atoms with Crippen LogP contribution in [0.2, 0.25) is 0 Å². The molecular weight excluding hydrogens is 291 g/mol. The summed E-state index contributed by atoms with van der Waals surface area (Å²) in [4.78, 5) is 11.9. The van der Waals surface area contributed by atoms with E-state index in [0.717, 1.165) is 23.3 Å². The number of carbonyl (C=O) groups excluding carboxylic acids is 1. The fourth-order valence-electron chi connectivity index (χ4n) is 2.10. The van der Waals surface area contributed by atoms with E-state index in [4.69, 9.17) is 0 Å². The summed E-state index contributed by atoms with van der Waals surface area (Å²) in [5, 5.41) is 2.65. The molecule has 0 atom stereocenters. The Balaban J connectivity index is 1.96. The van der Waals surface area contributed by atoms with Crippen LogP contribution >= 0.6 is 0 Å². The van der Waals surface area contributed by atoms with Crippen molar-refractivity contribution in [1.82, 2.24) is 5.32 Å². The maximum Gasteiger partial charge on any atom is 0.416 e. The Hall–Kier alpha value is -2.30. The molecule has 2 nitrogen and oxygen atoms in total. The second kappa shape index (κ2) is 6.64. The molecule has 0 saturated heterocycles. The highest BCUT2D eigenvalue weighted by Crippen LogP contribution is 2.29. The summed E-state index contributed by atoms with van der Waals surface area (Å²) in [6.45, 7) is 1.99. The SMILES string of the molecule is Cc1ccccc1CC(=O)NCc1cccc(C(F)(F)F)c1. The number of hydrogen-bond acceptors (Lipinski definition) is 1. The number of halogens is 3. The molecule has 0 aliphatic rings. The molecule has 0 aliphatic carbocycles. The first kappa shape index (κ1) is 16.1. The van der Waals surface area contributed by atoms with Crippen LogP contribution in [0.1, 0.15) is 22.3 Å². The van der Waals surface area contributed by atoms with Crippen molar-refractivity contribution in [3.8, 4) is 0 Å². The van der Waals surface area contributed by atoms with Gasteiger partial charge in [0.1, 0.15) is 0 Å². The van der Waals surface area contributed by atoms with Gasteiger partial charge in [-0.3, -0.25) is 4.79 Å². The Bertz CT molecular complexity index is 665. The van der Waals surface area contributed by atoms with E-state index >= 15 is 0 Å². The van der Waals surface area contributed by atoms with Gasteiger partial charge < -0.3 is 5.32 Å². The van der Waals surface area contributed by atoms with E-state index in [0.29, 0.717) is 5.56 Å². The van der Waals surface area contributed by atoms with E-state index in [-0.39, 0.29) is 18.9 Å². The number of rotatable bonds is 4. The molecule has 1 N–H and O–H groups in total. The molecule has 0 radical (unpaired) electrons. The lowest BCUT2D eigenvalue weighted by Crippen LogP contribution is -2.25. The number of carbonyl (C=O) groups is 1. The van der Waals surface area contributed by atoms with Crippen molar-refractivity contribution in [2.45, 2.75) is 26.1 Å². The molecule has 0 unspecified atom stereocenters. The van der Waals surface area contributed by atoms with Gasteiger partial charge in [0, 0.05) is 6.54 Å². The zero-order valence-electron chi connectivity index (χ0n) is 12.1. The van der Waals surface area contributed by atoms with Crippen LogP contribution in [-0.2, 0) is 23.9 Å². The monoisotopic (exact) mass is 307 g/mol. The number of amides is 1. The van der Waals surface area contributed by atoms with Crippen LogP contribution in [0, 0.1) is 6.92 Å². The molecule has 0 bridgehead atoms. The summed E-state index contributed by atoms with van der Waals surface area (Å²) in [6, 6.07) is 12.5. The predicted octanol–water partition coefficient (Wildman–Crippen LogP) is 3.87. The van der Waals surface area contributed by atoms with Crippen LogP contribution < -0.4 is 5.32 Å². The van der Waals surface area contributed by atoms with Crippen molar-refractivity contribution in [1.29, 1.82) is 0 Å². The fourth-order valence-corrected chi connectivity index (χ4v) is 2.10. The first-order chi connectivity index (χ1) is 10.4. The maximum absolute atomic E-state index is 12.6. The highest BCUT2D eigenvalue weighted by molar-refractivity contribution is 5.78. The van der Waals surface area contributed by atoms with Crippen LogP contribution in [0.3, 0.4) is 0 Å². The van der Waals surface area contributed by atoms with Gasteiger partial charge in [-0.05, 0) is 35.7 Å². The second-order valence-electron chi connectivity index (χ2n) is 5.08. The van der Waals surface area contributed by atoms with E-state index in [2.05, 4.69) is 5.32 Å². The first-order valence-corrected chi connectivity index (χ1v) is 6.83. The Morgan fingerprint density at radius 3 is 2.50 bits per heavy atom. The smallest absolute Gasteiger partial charge is 0.352 e. The molecule has 2 aromatic carbocycles. The molecule has 0 heterocycles. The molecule has 0 aromatic heterocycles. The molecular formula is C17H16F3NO. The Morgan fingerprint density at radius 1 is 1.09 bits per heavy atom. The number of hydrogen-bond donors (Lipinski definition) is 1. The average molecular weight is 307 g/mol. The lowest BCUT2D eigenvalue weighted by atomic mass is 10.1. The van der Waals surface area contributed by atoms with Gasteiger partial charge in [-0.15, -0.1) is 0 Å². The minimum Gasteiger partial charge on any atom is -0.352 e. The van der Waals surface area contributed by atoms with E-state index in [1.807, 2.05) is 31.2 Å². The summed E-state index contributed by atoms with van der Waals surface area (Å²) < 4.78 is 37.8. The fraction of sp³-hybridized carbons (Fsp3) is 0.235. The van der Waals surface area contributed by atoms with E-state index < -0.39 is 11.7 Å². The third kappa shape index (κ3) is 4.35. The largest absolute Gasteiger partial charge is 0.416 e. The van der Waals surface area contributed by atoms with Crippen LogP contribution in [0.25, 0.3) is 0 Å².